The lowest BCUT2D eigenvalue weighted by Crippen LogP contribution is -2.65. The van der Waals surface area contributed by atoms with Gasteiger partial charge in [-0.15, -0.1) is 0 Å². The molecule has 0 aliphatic rings. The molecular formula is C2ClN5O4. The fourth-order valence-electron chi connectivity index (χ4n) is 0.371. The first-order chi connectivity index (χ1) is 5.53. The first-order valence-electron chi connectivity index (χ1n) is 2.32. The van der Waals surface area contributed by atoms with E-state index in [1.165, 1.54) is 6.07 Å². The number of nitriles is 1. The Hall–Kier alpha value is -1.47. The van der Waals surface area contributed by atoms with Gasteiger partial charge in [-0.2, -0.15) is 19.2 Å². The summed E-state index contributed by atoms with van der Waals surface area (Å²) in [5.74, 6) is -0.540. The molecule has 10 heteroatoms. The van der Waals surface area contributed by atoms with E-state index < -0.39 is 16.1 Å². The first kappa shape index (κ1) is 8.62. The molecule has 0 saturated heterocycles. The second-order valence-corrected chi connectivity index (χ2v) is 2.33. The Morgan fingerprint density at radius 1 is 1.50 bits per heavy atom. The SMILES string of the molecule is N#Cc1nnnn1O[Cl+3]([O-])([O-])[O-]. The van der Waals surface area contributed by atoms with Gasteiger partial charge in [-0.25, -0.2) is 0 Å². The summed E-state index contributed by atoms with van der Waals surface area (Å²) in [5.41, 5.74) is 0. The largest absolute Gasteiger partial charge is 0.306 e. The zero-order chi connectivity index (χ0) is 9.19. The average Bonchev–Trinajstić information content (AvgIpc) is 2.31. The normalized spacial score (nSPS) is 10.8. The predicted molar refractivity (Wildman–Crippen MR) is 19.1 cm³/mol. The van der Waals surface area contributed by atoms with Gasteiger partial charge in [0.2, 0.25) is 0 Å². The van der Waals surface area contributed by atoms with E-state index in [0.717, 1.165) is 0 Å². The van der Waals surface area contributed by atoms with Crippen molar-refractivity contribution in [3.8, 4) is 6.07 Å². The minimum absolute atomic E-state index is 0.101. The number of hydrogen-bond donors (Lipinski definition) is 0. The van der Waals surface area contributed by atoms with Gasteiger partial charge in [0.25, 0.3) is 0 Å². The van der Waals surface area contributed by atoms with Crippen molar-refractivity contribution >= 4 is 0 Å². The minimum Gasteiger partial charge on any atom is -0.189 e. The Morgan fingerprint density at radius 2 is 2.17 bits per heavy atom. The molecule has 0 unspecified atom stereocenters. The number of aromatic nitrogens is 4. The van der Waals surface area contributed by atoms with Crippen molar-refractivity contribution in [1.82, 2.24) is 20.4 Å². The summed E-state index contributed by atoms with van der Waals surface area (Å²) in [6.07, 6.45) is 0. The molecule has 0 radical (unpaired) electrons. The molecule has 0 saturated carbocycles. The molecule has 64 valence electrons. The van der Waals surface area contributed by atoms with Crippen LogP contribution in [0.1, 0.15) is 5.82 Å². The van der Waals surface area contributed by atoms with E-state index in [4.69, 9.17) is 5.26 Å². The third-order valence-corrected chi connectivity index (χ3v) is 0.992. The van der Waals surface area contributed by atoms with Crippen LogP contribution in [0.3, 0.4) is 0 Å². The molecule has 1 aromatic rings. The smallest absolute Gasteiger partial charge is 0.189 e. The molecule has 0 N–H and O–H groups in total. The van der Waals surface area contributed by atoms with Crippen LogP contribution in [0.5, 0.6) is 0 Å². The van der Waals surface area contributed by atoms with Crippen LogP contribution in [0.25, 0.3) is 0 Å². The molecule has 0 atom stereocenters. The van der Waals surface area contributed by atoms with Crippen molar-refractivity contribution in [2.24, 2.45) is 0 Å². The summed E-state index contributed by atoms with van der Waals surface area (Å²) < 4.78 is 33.4. The molecule has 12 heavy (non-hydrogen) atoms. The van der Waals surface area contributed by atoms with Crippen LogP contribution in [-0.2, 0) is 0 Å². The van der Waals surface area contributed by atoms with Crippen LogP contribution in [0.15, 0.2) is 0 Å². The van der Waals surface area contributed by atoms with Crippen molar-refractivity contribution in [2.45, 2.75) is 0 Å². The molecule has 1 rings (SSSR count). The maximum atomic E-state index is 9.94. The quantitative estimate of drug-likeness (QED) is 0.453. The maximum absolute atomic E-state index is 9.94. The van der Waals surface area contributed by atoms with Crippen molar-refractivity contribution in [3.05, 3.63) is 5.82 Å². The Labute approximate surface area is 67.1 Å². The summed E-state index contributed by atoms with van der Waals surface area (Å²) in [7, 11) is -4.70. The number of tetrazole rings is 1. The van der Waals surface area contributed by atoms with Crippen LogP contribution in [0.4, 0.5) is 0 Å². The molecule has 0 aliphatic carbocycles. The number of nitrogens with zero attached hydrogens (tertiary/aromatic N) is 5. The van der Waals surface area contributed by atoms with E-state index in [2.05, 4.69) is 19.9 Å². The number of halogens is 1. The molecule has 0 bridgehead atoms. The Kier molecular flexibility index (Phi) is 2.07. The summed E-state index contributed by atoms with van der Waals surface area (Å²) in [5, 5.41) is 17.0. The third-order valence-electron chi connectivity index (χ3n) is 0.692. The highest BCUT2D eigenvalue weighted by atomic mass is 35.7. The summed E-state index contributed by atoms with van der Waals surface area (Å²) >= 11 is 0. The maximum Gasteiger partial charge on any atom is 0.306 e. The third kappa shape index (κ3) is 2.01. The van der Waals surface area contributed by atoms with Gasteiger partial charge in [-0.05, 0) is 5.21 Å². The molecule has 0 aliphatic heterocycles. The minimum atomic E-state index is -4.70. The highest BCUT2D eigenvalue weighted by Crippen LogP contribution is 1.88. The summed E-state index contributed by atoms with van der Waals surface area (Å²) in [4.78, 5) is 0.101. The van der Waals surface area contributed by atoms with Crippen molar-refractivity contribution in [2.75, 3.05) is 0 Å². The van der Waals surface area contributed by atoms with E-state index in [0.29, 0.717) is 0 Å². The predicted octanol–water partition coefficient (Wildman–Crippen LogP) is -5.13. The molecule has 1 aromatic heterocycles. The zero-order valence-electron chi connectivity index (χ0n) is 5.25. The molecule has 9 nitrogen and oxygen atoms in total. The van der Waals surface area contributed by atoms with Crippen LogP contribution in [-0.4, -0.2) is 20.4 Å². The topological polar surface area (TPSA) is 146 Å². The van der Waals surface area contributed by atoms with Gasteiger partial charge in [-0.1, -0.05) is 5.10 Å². The standard InChI is InChI=1S/C2ClN5O4/c4-1-2-5-6-7-8(2)12-3(9,10)11. The Bertz CT molecular complexity index is 310. The number of rotatable bonds is 2. The van der Waals surface area contributed by atoms with Crippen LogP contribution in [0, 0.1) is 21.6 Å². The average molecular weight is 194 g/mol. The molecule has 0 spiro atoms. The summed E-state index contributed by atoms with van der Waals surface area (Å²) in [6, 6.07) is 1.39. The molecule has 1 heterocycles. The van der Waals surface area contributed by atoms with Crippen LogP contribution >= 0.6 is 0 Å². The highest BCUT2D eigenvalue weighted by Gasteiger charge is 2.24. The van der Waals surface area contributed by atoms with Gasteiger partial charge >= 0.3 is 5.82 Å². The molecule has 0 amide bonds. The van der Waals surface area contributed by atoms with Gasteiger partial charge < -0.3 is 0 Å². The highest BCUT2D eigenvalue weighted by molar-refractivity contribution is 5.03. The summed E-state index contributed by atoms with van der Waals surface area (Å²) in [6.45, 7) is 0. The van der Waals surface area contributed by atoms with Gasteiger partial charge in [-0.3, -0.25) is 0 Å². The lowest BCUT2D eigenvalue weighted by atomic mass is 10.7. The fraction of sp³-hybridized carbons (Fsp3) is 0. The van der Waals surface area contributed by atoms with E-state index in [9.17, 15) is 14.0 Å². The first-order valence-corrected chi connectivity index (χ1v) is 3.56. The van der Waals surface area contributed by atoms with Crippen molar-refractivity contribution in [1.29, 1.82) is 5.26 Å². The molecule has 0 aromatic carbocycles. The van der Waals surface area contributed by atoms with Crippen molar-refractivity contribution in [3.63, 3.8) is 0 Å². The number of hydrogen-bond acceptors (Lipinski definition) is 8. The van der Waals surface area contributed by atoms with Crippen molar-refractivity contribution < 1.29 is 28.6 Å². The van der Waals surface area contributed by atoms with Gasteiger partial charge in [0, 0.05) is 5.21 Å². The lowest BCUT2D eigenvalue weighted by Gasteiger charge is -2.08. The molecular weight excluding hydrogens is 194 g/mol. The van der Waals surface area contributed by atoms with E-state index in [-0.39, 0.29) is 4.85 Å². The second-order valence-electron chi connectivity index (χ2n) is 1.43. The monoisotopic (exact) mass is 193 g/mol. The second kappa shape index (κ2) is 2.88. The fourth-order valence-corrected chi connectivity index (χ4v) is 0.624. The van der Waals surface area contributed by atoms with Gasteiger partial charge in [0.05, 0.1) is 9.24 Å². The van der Waals surface area contributed by atoms with Crippen LogP contribution in [0.2, 0.25) is 0 Å². The molecule has 0 fully saturated rings. The van der Waals surface area contributed by atoms with E-state index >= 15 is 0 Å². The van der Waals surface area contributed by atoms with Gasteiger partial charge in [0.15, 0.2) is 10.2 Å². The Morgan fingerprint density at radius 3 is 2.67 bits per heavy atom. The Balaban J connectivity index is 2.84. The van der Waals surface area contributed by atoms with E-state index in [1.807, 2.05) is 0 Å². The van der Waals surface area contributed by atoms with Gasteiger partial charge in [0.1, 0.15) is 6.07 Å². The van der Waals surface area contributed by atoms with Crippen LogP contribution < -0.4 is 18.4 Å². The lowest BCUT2D eigenvalue weighted by molar-refractivity contribution is -1.92. The zero-order valence-corrected chi connectivity index (χ0v) is 6.00. The van der Waals surface area contributed by atoms with E-state index in [1.54, 1.807) is 0 Å².